The zero-order chi connectivity index (χ0) is 15.0. The second kappa shape index (κ2) is 5.37. The summed E-state index contributed by atoms with van der Waals surface area (Å²) in [6, 6.07) is 1.59. The highest BCUT2D eigenvalue weighted by Crippen LogP contribution is 2.32. The molecule has 0 amide bonds. The van der Waals surface area contributed by atoms with Gasteiger partial charge in [0.2, 0.25) is 10.0 Å². The maximum Gasteiger partial charge on any atom is 0.264 e. The van der Waals surface area contributed by atoms with Gasteiger partial charge in [-0.1, -0.05) is 0 Å². The molecular formula is C13H23N3O3S. The third-order valence-electron chi connectivity index (χ3n) is 3.91. The molecular weight excluding hydrogens is 278 g/mol. The number of hydrogen-bond donors (Lipinski definition) is 3. The highest BCUT2D eigenvalue weighted by Gasteiger charge is 2.33. The van der Waals surface area contributed by atoms with E-state index in [1.165, 1.54) is 0 Å². The zero-order valence-corrected chi connectivity index (χ0v) is 13.0. The number of hydrogen-bond acceptors (Lipinski definition) is 3. The predicted molar refractivity (Wildman–Crippen MR) is 78.2 cm³/mol. The summed E-state index contributed by atoms with van der Waals surface area (Å²) < 4.78 is 26.2. The fourth-order valence-electron chi connectivity index (χ4n) is 2.49. The Morgan fingerprint density at radius 2 is 1.75 bits per heavy atom. The van der Waals surface area contributed by atoms with E-state index >= 15 is 0 Å². The average molecular weight is 301 g/mol. The van der Waals surface area contributed by atoms with Crippen LogP contribution in [0.25, 0.3) is 0 Å². The lowest BCUT2D eigenvalue weighted by molar-refractivity contribution is 0.367. The van der Waals surface area contributed by atoms with Crippen molar-refractivity contribution in [1.29, 1.82) is 0 Å². The van der Waals surface area contributed by atoms with Crippen LogP contribution in [0, 0.1) is 0 Å². The number of H-pyrrole nitrogens is 2. The van der Waals surface area contributed by atoms with Gasteiger partial charge in [0.1, 0.15) is 0 Å². The van der Waals surface area contributed by atoms with E-state index in [-0.39, 0.29) is 11.6 Å². The van der Waals surface area contributed by atoms with Crippen LogP contribution in [-0.2, 0) is 10.0 Å². The van der Waals surface area contributed by atoms with Gasteiger partial charge in [-0.05, 0) is 46.5 Å². The van der Waals surface area contributed by atoms with Crippen LogP contribution in [0.2, 0.25) is 0 Å². The first-order valence-corrected chi connectivity index (χ1v) is 8.47. The molecule has 0 atom stereocenters. The molecule has 2 rings (SSSR count). The van der Waals surface area contributed by atoms with Gasteiger partial charge in [-0.2, -0.15) is 0 Å². The summed E-state index contributed by atoms with van der Waals surface area (Å²) in [4.78, 5) is 11.1. The molecule has 0 radical (unpaired) electrons. The van der Waals surface area contributed by atoms with Crippen molar-refractivity contribution in [3.05, 3.63) is 22.1 Å². The number of sulfonamides is 1. The Balaban J connectivity index is 1.94. The van der Waals surface area contributed by atoms with Gasteiger partial charge in [-0.25, -0.2) is 13.1 Å². The van der Waals surface area contributed by atoms with E-state index in [1.54, 1.807) is 26.8 Å². The molecule has 1 aromatic heterocycles. The molecule has 1 saturated carbocycles. The molecule has 1 heterocycles. The van der Waals surface area contributed by atoms with Crippen molar-refractivity contribution in [3.8, 4) is 0 Å². The third-order valence-corrected chi connectivity index (χ3v) is 6.17. The van der Waals surface area contributed by atoms with Gasteiger partial charge in [0, 0.05) is 23.7 Å². The Morgan fingerprint density at radius 3 is 2.20 bits per heavy atom. The summed E-state index contributed by atoms with van der Waals surface area (Å²) >= 11 is 0. The van der Waals surface area contributed by atoms with E-state index < -0.39 is 14.8 Å². The standard InChI is InChI=1S/C13H23N3O3S/c1-13(2,3)20(18,19)16-10-6-4-9(5-7-10)11-8-12(17)15-14-11/h8-10,16H,4-7H2,1-3H3,(H2,14,15,17). The molecule has 114 valence electrons. The highest BCUT2D eigenvalue weighted by molar-refractivity contribution is 7.90. The smallest absolute Gasteiger partial charge is 0.264 e. The average Bonchev–Trinajstić information content (AvgIpc) is 2.75. The molecule has 20 heavy (non-hydrogen) atoms. The first kappa shape index (κ1) is 15.3. The quantitative estimate of drug-likeness (QED) is 0.788. The topological polar surface area (TPSA) is 94.8 Å². The van der Waals surface area contributed by atoms with Crippen molar-refractivity contribution in [2.24, 2.45) is 0 Å². The van der Waals surface area contributed by atoms with E-state index in [1.807, 2.05) is 0 Å². The molecule has 3 N–H and O–H groups in total. The first-order valence-electron chi connectivity index (χ1n) is 6.98. The van der Waals surface area contributed by atoms with Gasteiger partial charge in [-0.15, -0.1) is 0 Å². The van der Waals surface area contributed by atoms with Crippen LogP contribution in [0.15, 0.2) is 10.9 Å². The van der Waals surface area contributed by atoms with E-state index in [0.717, 1.165) is 31.4 Å². The van der Waals surface area contributed by atoms with E-state index in [9.17, 15) is 13.2 Å². The Morgan fingerprint density at radius 1 is 1.15 bits per heavy atom. The molecule has 1 aromatic rings. The summed E-state index contributed by atoms with van der Waals surface area (Å²) in [7, 11) is -3.29. The SMILES string of the molecule is CC(C)(C)S(=O)(=O)NC1CCC(c2cc(=O)[nH][nH]2)CC1. The molecule has 6 nitrogen and oxygen atoms in total. The van der Waals surface area contributed by atoms with Crippen LogP contribution < -0.4 is 10.3 Å². The summed E-state index contributed by atoms with van der Waals surface area (Å²) in [6.07, 6.45) is 3.36. The van der Waals surface area contributed by atoms with Gasteiger partial charge < -0.3 is 5.10 Å². The Kier molecular flexibility index (Phi) is 4.11. The summed E-state index contributed by atoms with van der Waals surface area (Å²) in [5.74, 6) is 0.310. The van der Waals surface area contributed by atoms with Crippen LogP contribution in [-0.4, -0.2) is 29.4 Å². The van der Waals surface area contributed by atoms with Gasteiger partial charge in [0.15, 0.2) is 0 Å². The third kappa shape index (κ3) is 3.32. The van der Waals surface area contributed by atoms with E-state index in [0.29, 0.717) is 5.92 Å². The van der Waals surface area contributed by atoms with Crippen molar-refractivity contribution in [2.75, 3.05) is 0 Å². The number of aromatic nitrogens is 2. The molecule has 0 spiro atoms. The molecule has 0 saturated heterocycles. The number of nitrogens with one attached hydrogen (secondary N) is 3. The molecule has 0 bridgehead atoms. The first-order chi connectivity index (χ1) is 9.19. The van der Waals surface area contributed by atoms with Crippen LogP contribution in [0.3, 0.4) is 0 Å². The fourth-order valence-corrected chi connectivity index (χ4v) is 3.51. The second-order valence-electron chi connectivity index (χ2n) is 6.50. The molecule has 0 aliphatic heterocycles. The summed E-state index contributed by atoms with van der Waals surface area (Å²) in [5, 5.41) is 5.43. The minimum atomic E-state index is -3.29. The van der Waals surface area contributed by atoms with Crippen molar-refractivity contribution < 1.29 is 8.42 Å². The minimum absolute atomic E-state index is 0.00105. The van der Waals surface area contributed by atoms with Gasteiger partial charge >= 0.3 is 0 Å². The largest absolute Gasteiger partial charge is 0.302 e. The van der Waals surface area contributed by atoms with E-state index in [4.69, 9.17) is 0 Å². The minimum Gasteiger partial charge on any atom is -0.302 e. The lowest BCUT2D eigenvalue weighted by atomic mass is 9.84. The van der Waals surface area contributed by atoms with Crippen LogP contribution in [0.1, 0.15) is 58.1 Å². The normalized spacial score (nSPS) is 24.8. The number of rotatable bonds is 3. The molecule has 1 fully saturated rings. The molecule has 1 aliphatic rings. The van der Waals surface area contributed by atoms with Crippen LogP contribution in [0.4, 0.5) is 0 Å². The van der Waals surface area contributed by atoms with Crippen LogP contribution in [0.5, 0.6) is 0 Å². The summed E-state index contributed by atoms with van der Waals surface area (Å²) in [5.41, 5.74) is 0.808. The van der Waals surface area contributed by atoms with Gasteiger partial charge in [0.05, 0.1) is 4.75 Å². The Hall–Kier alpha value is -1.08. The van der Waals surface area contributed by atoms with Crippen molar-refractivity contribution >= 4 is 10.0 Å². The van der Waals surface area contributed by atoms with Gasteiger partial charge in [-0.3, -0.25) is 9.89 Å². The Labute approximate surface area is 119 Å². The van der Waals surface area contributed by atoms with Crippen LogP contribution >= 0.6 is 0 Å². The predicted octanol–water partition coefficient (Wildman–Crippen LogP) is 1.45. The monoisotopic (exact) mass is 301 g/mol. The fraction of sp³-hybridized carbons (Fsp3) is 0.769. The zero-order valence-electron chi connectivity index (χ0n) is 12.2. The number of aromatic amines is 2. The lowest BCUT2D eigenvalue weighted by Crippen LogP contribution is -2.45. The van der Waals surface area contributed by atoms with Crippen molar-refractivity contribution in [1.82, 2.24) is 14.9 Å². The highest BCUT2D eigenvalue weighted by atomic mass is 32.2. The molecule has 7 heteroatoms. The maximum absolute atomic E-state index is 12.1. The van der Waals surface area contributed by atoms with E-state index in [2.05, 4.69) is 14.9 Å². The van der Waals surface area contributed by atoms with Crippen molar-refractivity contribution in [3.63, 3.8) is 0 Å². The molecule has 0 unspecified atom stereocenters. The van der Waals surface area contributed by atoms with Gasteiger partial charge in [0.25, 0.3) is 5.56 Å². The maximum atomic E-state index is 12.1. The Bertz CT molecular complexity index is 601. The molecule has 1 aliphatic carbocycles. The summed E-state index contributed by atoms with van der Waals surface area (Å²) in [6.45, 7) is 5.10. The van der Waals surface area contributed by atoms with Crippen molar-refractivity contribution in [2.45, 2.75) is 63.2 Å². The second-order valence-corrected chi connectivity index (χ2v) is 8.96. The lowest BCUT2D eigenvalue weighted by Gasteiger charge is -2.30. The molecule has 0 aromatic carbocycles.